The fraction of sp³-hybridized carbons (Fsp3) is 0.292. The van der Waals surface area contributed by atoms with E-state index in [1.54, 1.807) is 36.5 Å². The summed E-state index contributed by atoms with van der Waals surface area (Å²) in [7, 11) is -1.39. The number of fused-ring (bicyclic) bond motifs is 3. The molecular formula is C72H76N14O12S3. The van der Waals surface area contributed by atoms with E-state index in [0.29, 0.717) is 141 Å². The molecule has 0 fully saturated rings. The minimum Gasteiger partial charge on any atom is -0.481 e. The summed E-state index contributed by atoms with van der Waals surface area (Å²) >= 11 is 0. The highest BCUT2D eigenvalue weighted by Gasteiger charge is 2.35. The van der Waals surface area contributed by atoms with Crippen molar-refractivity contribution in [3.8, 4) is 51.0 Å². The molecule has 2 atom stereocenters. The Labute approximate surface area is 586 Å². The van der Waals surface area contributed by atoms with Crippen molar-refractivity contribution in [2.24, 2.45) is 0 Å². The number of carbonyl (C=O) groups excluding carboxylic acids is 3. The monoisotopic (exact) mass is 1420 g/mol. The number of anilines is 3. The van der Waals surface area contributed by atoms with Gasteiger partial charge in [0.15, 0.2) is 0 Å². The maximum atomic E-state index is 14.6. The van der Waals surface area contributed by atoms with E-state index in [4.69, 9.17) is 24.2 Å². The third-order valence-electron chi connectivity index (χ3n) is 18.0. The Balaban J connectivity index is 0.918. The maximum Gasteiger partial charge on any atom is 0.333 e. The largest absolute Gasteiger partial charge is 0.481 e. The summed E-state index contributed by atoms with van der Waals surface area (Å²) in [6, 6.07) is 27.6. The minimum absolute atomic E-state index is 0.0838. The van der Waals surface area contributed by atoms with Crippen molar-refractivity contribution in [2.75, 3.05) is 65.5 Å². The van der Waals surface area contributed by atoms with Crippen LogP contribution in [0.1, 0.15) is 113 Å². The van der Waals surface area contributed by atoms with E-state index in [2.05, 4.69) is 50.1 Å². The molecule has 12 rings (SSSR count). The Morgan fingerprint density at radius 1 is 0.475 bits per heavy atom. The van der Waals surface area contributed by atoms with Crippen LogP contribution in [-0.2, 0) is 68.8 Å². The third kappa shape index (κ3) is 15.3. The highest BCUT2D eigenvalue weighted by molar-refractivity contribution is 7.90. The Hall–Kier alpha value is -10.5. The van der Waals surface area contributed by atoms with Gasteiger partial charge in [-0.15, -0.1) is 0 Å². The molecule has 6 amide bonds. The van der Waals surface area contributed by atoms with E-state index in [1.165, 1.54) is 70.3 Å². The average molecular weight is 1430 g/mol. The molecule has 26 nitrogen and oxygen atoms in total. The van der Waals surface area contributed by atoms with Gasteiger partial charge in [0.05, 0.1) is 71.0 Å². The zero-order valence-corrected chi connectivity index (χ0v) is 59.4. The van der Waals surface area contributed by atoms with Crippen molar-refractivity contribution in [1.29, 1.82) is 0 Å². The van der Waals surface area contributed by atoms with Gasteiger partial charge in [-0.25, -0.2) is 68.8 Å². The molecule has 6 heterocycles. The highest BCUT2D eigenvalue weighted by atomic mass is 32.2. The number of rotatable bonds is 22. The topological polar surface area (TPSA) is 337 Å². The number of nitrogens with zero attached hydrogens (tertiary/aromatic N) is 8. The third-order valence-corrected chi connectivity index (χ3v) is 21.9. The second kappa shape index (κ2) is 29.0. The summed E-state index contributed by atoms with van der Waals surface area (Å²) in [5.41, 5.74) is 12.0. The summed E-state index contributed by atoms with van der Waals surface area (Å²) in [5.74, 6) is -0.201. The number of hydrogen-bond donors (Lipinski definition) is 6. The second-order valence-corrected chi connectivity index (χ2v) is 30.7. The van der Waals surface area contributed by atoms with Crippen LogP contribution >= 0.6 is 0 Å². The van der Waals surface area contributed by atoms with Gasteiger partial charge in [0.2, 0.25) is 17.6 Å². The number of methoxy groups -OCH3 is 3. The number of hydrogen-bond acceptors (Lipinski definition) is 20. The summed E-state index contributed by atoms with van der Waals surface area (Å²) in [4.78, 5) is 73.2. The number of urea groups is 3. The first-order valence-corrected chi connectivity index (χ1v) is 37.0. The molecule has 0 saturated heterocycles. The number of aryl methyl sites for hydroxylation is 1. The standard InChI is InChI=1S/C72H76N14O12S3/c1-41(2)61-37-49(27-30-74-61)100(92,93)83-71(88)80-68-52(43-25-28-75-64(33-43)96-7)17-19-55-57(21-23-59(55)68)63-32-45(35-66(78-63)98-9)54-18-20-56-58(22-24-60(56)69(54)81-72(89)82-99(90,91)48-26-29-73-47(36-48)40-86(5)6)62-31-44(34-65(77-62)97-8)53-16-13-42-11-10-12-51(42)67(53)79-70(87)84-101(94,95)50-15-14-46(76-38-50)39-85(3)4/h13-20,25-38,41,57-58H,10-12,21-24,39-40H2,1-9H3,(H2,79,84,87)(H2,80,83,88)(H2,81,82,89). The predicted molar refractivity (Wildman–Crippen MR) is 381 cm³/mol. The molecule has 524 valence electrons. The number of sulfonamides is 3. The van der Waals surface area contributed by atoms with E-state index in [1.807, 2.05) is 100 Å². The molecule has 0 aliphatic heterocycles. The van der Waals surface area contributed by atoms with E-state index in [0.717, 1.165) is 35.1 Å². The lowest BCUT2D eigenvalue weighted by atomic mass is 9.90. The van der Waals surface area contributed by atoms with Crippen LogP contribution in [0.5, 0.6) is 17.6 Å². The Morgan fingerprint density at radius 2 is 0.950 bits per heavy atom. The molecular weight excluding hydrogens is 1350 g/mol. The van der Waals surface area contributed by atoms with Crippen LogP contribution < -0.4 is 44.3 Å². The summed E-state index contributed by atoms with van der Waals surface area (Å²) < 4.78 is 107. The van der Waals surface area contributed by atoms with Crippen LogP contribution in [0.15, 0.2) is 149 Å². The molecule has 101 heavy (non-hydrogen) atoms. The first kappa shape index (κ1) is 70.4. The van der Waals surface area contributed by atoms with Gasteiger partial charge in [0.25, 0.3) is 30.1 Å². The number of pyridine rings is 6. The lowest BCUT2D eigenvalue weighted by Crippen LogP contribution is -2.35. The number of nitrogens with one attached hydrogen (secondary N) is 6. The molecule has 0 spiro atoms. The van der Waals surface area contributed by atoms with Gasteiger partial charge in [-0.1, -0.05) is 50.2 Å². The van der Waals surface area contributed by atoms with Crippen LogP contribution in [0.25, 0.3) is 33.4 Å². The van der Waals surface area contributed by atoms with Crippen LogP contribution in [0, 0.1) is 0 Å². The Bertz CT molecular complexity index is 5100. The van der Waals surface area contributed by atoms with Crippen molar-refractivity contribution in [2.45, 2.75) is 104 Å². The van der Waals surface area contributed by atoms with Crippen LogP contribution in [0.3, 0.4) is 0 Å². The Morgan fingerprint density at radius 3 is 1.47 bits per heavy atom. The number of amides is 6. The van der Waals surface area contributed by atoms with Gasteiger partial charge in [-0.3, -0.25) is 15.0 Å². The van der Waals surface area contributed by atoms with Gasteiger partial charge < -0.3 is 40.0 Å². The van der Waals surface area contributed by atoms with Crippen LogP contribution in [-0.4, -0.2) is 133 Å². The van der Waals surface area contributed by atoms with Crippen molar-refractivity contribution >= 4 is 65.2 Å². The van der Waals surface area contributed by atoms with Crippen LogP contribution in [0.4, 0.5) is 31.4 Å². The van der Waals surface area contributed by atoms with E-state index in [-0.39, 0.29) is 32.4 Å². The smallest absolute Gasteiger partial charge is 0.333 e. The molecule has 3 aliphatic rings. The fourth-order valence-electron chi connectivity index (χ4n) is 13.3. The first-order chi connectivity index (χ1) is 48.3. The highest BCUT2D eigenvalue weighted by Crippen LogP contribution is 2.50. The minimum atomic E-state index is -4.49. The predicted octanol–water partition coefficient (Wildman–Crippen LogP) is 10.5. The molecule has 6 aromatic heterocycles. The molecule has 0 radical (unpaired) electrons. The zero-order valence-electron chi connectivity index (χ0n) is 57.0. The molecule has 29 heteroatoms. The summed E-state index contributed by atoms with van der Waals surface area (Å²) in [6.07, 6.45) is 9.41. The summed E-state index contributed by atoms with van der Waals surface area (Å²) in [6.45, 7) is 4.58. The van der Waals surface area contributed by atoms with Crippen molar-refractivity contribution in [3.05, 3.63) is 196 Å². The molecule has 6 N–H and O–H groups in total. The maximum absolute atomic E-state index is 14.6. The van der Waals surface area contributed by atoms with Gasteiger partial charge in [-0.05, 0) is 184 Å². The Kier molecular flexibility index (Phi) is 20.2. The van der Waals surface area contributed by atoms with E-state index < -0.39 is 60.0 Å². The van der Waals surface area contributed by atoms with Crippen LogP contribution in [0.2, 0.25) is 0 Å². The van der Waals surface area contributed by atoms with E-state index >= 15 is 0 Å². The molecule has 3 aliphatic carbocycles. The van der Waals surface area contributed by atoms with Crippen molar-refractivity contribution in [1.82, 2.24) is 53.9 Å². The second-order valence-electron chi connectivity index (χ2n) is 25.7. The first-order valence-electron chi connectivity index (χ1n) is 32.5. The molecule has 9 aromatic rings. The molecule has 2 unspecified atom stereocenters. The average Bonchev–Trinajstić information content (AvgIpc) is 1.67. The number of carbonyl (C=O) groups is 3. The molecule has 0 bridgehead atoms. The van der Waals surface area contributed by atoms with Crippen molar-refractivity contribution in [3.63, 3.8) is 0 Å². The number of ether oxygens (including phenoxy) is 3. The lowest BCUT2D eigenvalue weighted by molar-refractivity contribution is 0.255. The van der Waals surface area contributed by atoms with Gasteiger partial charge in [0, 0.05) is 90.3 Å². The fourth-order valence-corrected chi connectivity index (χ4v) is 16.1. The van der Waals surface area contributed by atoms with Gasteiger partial charge in [0.1, 0.15) is 4.90 Å². The quantitative estimate of drug-likeness (QED) is 0.0367. The molecule has 0 saturated carbocycles. The van der Waals surface area contributed by atoms with Gasteiger partial charge in [-0.2, -0.15) is 0 Å². The zero-order chi connectivity index (χ0) is 71.7. The normalized spacial score (nSPS) is 14.8. The van der Waals surface area contributed by atoms with Gasteiger partial charge >= 0.3 is 18.1 Å². The lowest BCUT2D eigenvalue weighted by Gasteiger charge is -2.21. The summed E-state index contributed by atoms with van der Waals surface area (Å²) in [5, 5.41) is 8.77. The van der Waals surface area contributed by atoms with E-state index in [9.17, 15) is 39.6 Å². The number of benzene rings is 3. The number of aromatic nitrogens is 6. The SMILES string of the molecule is COc1cc(-c2ccc3c(c2NC(=O)NS(=O)(=O)c2ccnc(C(C)C)c2)CCC3c2cc(-c3ccc4c(c3NC(=O)NS(=O)(=O)c3ccnc(CN(C)C)c3)CCC4c3cc(-c4ccc5c(c4NC(=O)NS(=O)(=O)c4ccc(CN(C)C)nc4)CCC5)cc(OC)n3)cc(OC)n2)ccn1. The molecule has 3 aromatic carbocycles. The van der Waals surface area contributed by atoms with Crippen molar-refractivity contribution < 1.29 is 53.8 Å².